The third kappa shape index (κ3) is 2.28. The van der Waals surface area contributed by atoms with E-state index in [1.165, 1.54) is 6.92 Å². The number of hydrogen-bond donors (Lipinski definition) is 1. The number of ether oxygens (including phenoxy) is 1. The van der Waals surface area contributed by atoms with Gasteiger partial charge in [-0.3, -0.25) is 9.59 Å². The Hall–Kier alpha value is -0.900. The number of ketones is 1. The monoisotopic (exact) mass is 348 g/mol. The van der Waals surface area contributed by atoms with Crippen LogP contribution in [0.5, 0.6) is 0 Å². The van der Waals surface area contributed by atoms with Gasteiger partial charge in [0.05, 0.1) is 11.0 Å². The van der Waals surface area contributed by atoms with Gasteiger partial charge in [-0.25, -0.2) is 0 Å². The second-order valence-electron chi connectivity index (χ2n) is 9.72. The van der Waals surface area contributed by atoms with E-state index >= 15 is 0 Å². The highest BCUT2D eigenvalue weighted by Gasteiger charge is 2.67. The van der Waals surface area contributed by atoms with Gasteiger partial charge < -0.3 is 9.84 Å². The van der Waals surface area contributed by atoms with Crippen molar-refractivity contribution in [1.29, 1.82) is 0 Å². The van der Waals surface area contributed by atoms with E-state index < -0.39 is 11.0 Å². The molecule has 0 unspecified atom stereocenters. The minimum Gasteiger partial charge on any atom is -0.463 e. The van der Waals surface area contributed by atoms with Crippen LogP contribution in [0.2, 0.25) is 0 Å². The predicted octanol–water partition coefficient (Wildman–Crippen LogP) is 3.64. The molecule has 0 spiro atoms. The molecule has 140 valence electrons. The molecule has 0 heterocycles. The number of aliphatic hydroxyl groups is 1. The van der Waals surface area contributed by atoms with Crippen molar-refractivity contribution in [2.75, 3.05) is 0 Å². The van der Waals surface area contributed by atoms with Crippen molar-refractivity contribution in [3.63, 3.8) is 0 Å². The van der Waals surface area contributed by atoms with Gasteiger partial charge in [-0.05, 0) is 81.5 Å². The molecule has 4 aliphatic carbocycles. The summed E-state index contributed by atoms with van der Waals surface area (Å²) in [6.07, 6.45) is 8.22. The van der Waals surface area contributed by atoms with Crippen LogP contribution in [0.4, 0.5) is 0 Å². The Balaban J connectivity index is 1.59. The molecule has 0 radical (unpaired) electrons. The summed E-state index contributed by atoms with van der Waals surface area (Å²) in [4.78, 5) is 23.8. The van der Waals surface area contributed by atoms with Gasteiger partial charge in [-0.2, -0.15) is 0 Å². The molecular formula is C21H32O4. The maximum atomic E-state index is 12.5. The average Bonchev–Trinajstić information content (AvgIpc) is 2.79. The first-order chi connectivity index (χ1) is 11.7. The van der Waals surface area contributed by atoms with E-state index in [1.54, 1.807) is 0 Å². The van der Waals surface area contributed by atoms with Crippen molar-refractivity contribution < 1.29 is 19.4 Å². The summed E-state index contributed by atoms with van der Waals surface area (Å²) in [6.45, 7) is 5.92. The van der Waals surface area contributed by atoms with Crippen LogP contribution in [-0.2, 0) is 14.3 Å². The van der Waals surface area contributed by atoms with E-state index in [-0.39, 0.29) is 29.2 Å². The minimum atomic E-state index is -0.798. The smallest absolute Gasteiger partial charge is 0.302 e. The van der Waals surface area contributed by atoms with Crippen molar-refractivity contribution in [2.24, 2.45) is 28.6 Å². The van der Waals surface area contributed by atoms with Gasteiger partial charge in [-0.15, -0.1) is 0 Å². The molecule has 4 nitrogen and oxygen atoms in total. The molecule has 0 saturated heterocycles. The Kier molecular flexibility index (Phi) is 3.89. The van der Waals surface area contributed by atoms with Crippen molar-refractivity contribution in [1.82, 2.24) is 0 Å². The highest BCUT2D eigenvalue weighted by molar-refractivity contribution is 5.88. The molecule has 0 aliphatic heterocycles. The van der Waals surface area contributed by atoms with Crippen LogP contribution in [0.3, 0.4) is 0 Å². The molecular weight excluding hydrogens is 316 g/mol. The topological polar surface area (TPSA) is 63.6 Å². The third-order valence-electron chi connectivity index (χ3n) is 8.85. The minimum absolute atomic E-state index is 0.0668. The molecule has 0 bridgehead atoms. The maximum Gasteiger partial charge on any atom is 0.302 e. The van der Waals surface area contributed by atoms with Crippen molar-refractivity contribution >= 4 is 11.8 Å². The van der Waals surface area contributed by atoms with Crippen molar-refractivity contribution in [2.45, 2.75) is 90.3 Å². The molecule has 4 heteroatoms. The molecule has 4 saturated carbocycles. The van der Waals surface area contributed by atoms with E-state index in [1.807, 2.05) is 6.92 Å². The summed E-state index contributed by atoms with van der Waals surface area (Å²) in [5.41, 5.74) is -1.11. The second-order valence-corrected chi connectivity index (χ2v) is 9.72. The fourth-order valence-electron chi connectivity index (χ4n) is 7.29. The summed E-state index contributed by atoms with van der Waals surface area (Å²) in [7, 11) is 0. The molecule has 1 N–H and O–H groups in total. The van der Waals surface area contributed by atoms with Gasteiger partial charge in [0.2, 0.25) is 0 Å². The first-order valence-corrected chi connectivity index (χ1v) is 10.1. The lowest BCUT2D eigenvalue weighted by Crippen LogP contribution is -2.62. The average molecular weight is 348 g/mol. The number of hydrogen-bond acceptors (Lipinski definition) is 4. The predicted molar refractivity (Wildman–Crippen MR) is 93.7 cm³/mol. The molecule has 0 amide bonds. The van der Waals surface area contributed by atoms with Gasteiger partial charge in [0.25, 0.3) is 0 Å². The van der Waals surface area contributed by atoms with Crippen LogP contribution in [-0.4, -0.2) is 28.6 Å². The Labute approximate surface area is 150 Å². The standard InChI is InChI=1S/C21H32O4/c1-13(22)25-15-6-9-19(2)14(12-15)4-5-17-16(19)7-10-20(3)18(23)8-11-21(17,20)24/h14-17,24H,4-12H2,1-3H3/t14-,15+,16+,17-,19+,20-,21+/m1/s1. The van der Waals surface area contributed by atoms with Crippen LogP contribution in [0.1, 0.15) is 78.6 Å². The number of carbonyl (C=O) groups is 2. The van der Waals surface area contributed by atoms with E-state index in [4.69, 9.17) is 4.74 Å². The zero-order chi connectivity index (χ0) is 18.0. The molecule has 0 aromatic heterocycles. The summed E-state index contributed by atoms with van der Waals surface area (Å²) in [5, 5.41) is 11.6. The molecule has 7 atom stereocenters. The van der Waals surface area contributed by atoms with Gasteiger partial charge >= 0.3 is 5.97 Å². The zero-order valence-electron chi connectivity index (χ0n) is 15.8. The summed E-state index contributed by atoms with van der Waals surface area (Å²) >= 11 is 0. The second kappa shape index (κ2) is 5.55. The van der Waals surface area contributed by atoms with E-state index in [2.05, 4.69) is 6.92 Å². The Morgan fingerprint density at radius 2 is 1.84 bits per heavy atom. The molecule has 0 aromatic rings. The SMILES string of the molecule is CC(=O)O[C@H]1CC[C@@]2(C)[C@H](CC[C@@H]3[C@@H]2CC[C@]2(C)C(=O)CC[C@]32O)C1. The maximum absolute atomic E-state index is 12.5. The number of carbonyl (C=O) groups excluding carboxylic acids is 2. The van der Waals surface area contributed by atoms with Crippen molar-refractivity contribution in [3.8, 4) is 0 Å². The largest absolute Gasteiger partial charge is 0.463 e. The molecule has 4 aliphatic rings. The van der Waals surface area contributed by atoms with Crippen molar-refractivity contribution in [3.05, 3.63) is 0 Å². The number of esters is 1. The van der Waals surface area contributed by atoms with E-state index in [9.17, 15) is 14.7 Å². The van der Waals surface area contributed by atoms with Gasteiger partial charge in [-0.1, -0.05) is 6.92 Å². The van der Waals surface area contributed by atoms with E-state index in [0.29, 0.717) is 24.7 Å². The normalized spacial score (nSPS) is 52.1. The first-order valence-electron chi connectivity index (χ1n) is 10.1. The van der Waals surface area contributed by atoms with Gasteiger partial charge in [0.15, 0.2) is 0 Å². The lowest BCUT2D eigenvalue weighted by molar-refractivity contribution is -0.203. The lowest BCUT2D eigenvalue weighted by Gasteiger charge is -2.62. The number of Topliss-reactive ketones (excluding diaryl/α,β-unsaturated/α-hetero) is 1. The quantitative estimate of drug-likeness (QED) is 0.735. The molecule has 25 heavy (non-hydrogen) atoms. The fraction of sp³-hybridized carbons (Fsp3) is 0.905. The van der Waals surface area contributed by atoms with E-state index in [0.717, 1.165) is 44.9 Å². The highest BCUT2D eigenvalue weighted by atomic mass is 16.5. The Morgan fingerprint density at radius 1 is 1.08 bits per heavy atom. The molecule has 4 fully saturated rings. The summed E-state index contributed by atoms with van der Waals surface area (Å²) in [6, 6.07) is 0. The van der Waals surface area contributed by atoms with Crippen LogP contribution < -0.4 is 0 Å². The highest BCUT2D eigenvalue weighted by Crippen LogP contribution is 2.66. The summed E-state index contributed by atoms with van der Waals surface area (Å²) < 4.78 is 5.51. The van der Waals surface area contributed by atoms with Crippen LogP contribution in [0.15, 0.2) is 0 Å². The summed E-state index contributed by atoms with van der Waals surface area (Å²) in [5.74, 6) is 1.42. The van der Waals surface area contributed by atoms with Crippen LogP contribution >= 0.6 is 0 Å². The van der Waals surface area contributed by atoms with Crippen LogP contribution in [0.25, 0.3) is 0 Å². The molecule has 0 aromatic carbocycles. The Morgan fingerprint density at radius 3 is 2.56 bits per heavy atom. The molecule has 4 rings (SSSR count). The third-order valence-corrected chi connectivity index (χ3v) is 8.85. The van der Waals surface area contributed by atoms with Gasteiger partial charge in [0, 0.05) is 13.3 Å². The lowest BCUT2D eigenvalue weighted by atomic mass is 9.44. The number of rotatable bonds is 1. The zero-order valence-corrected chi connectivity index (χ0v) is 15.8. The Bertz CT molecular complexity index is 601. The van der Waals surface area contributed by atoms with Crippen LogP contribution in [0, 0.1) is 28.6 Å². The van der Waals surface area contributed by atoms with Gasteiger partial charge in [0.1, 0.15) is 11.9 Å². The fourth-order valence-corrected chi connectivity index (χ4v) is 7.29. The number of fused-ring (bicyclic) bond motifs is 5. The first kappa shape index (κ1) is 17.5.